The zero-order valence-corrected chi connectivity index (χ0v) is 19.1. The van der Waals surface area contributed by atoms with Crippen molar-refractivity contribution >= 4 is 33.0 Å². The van der Waals surface area contributed by atoms with Crippen molar-refractivity contribution in [3.63, 3.8) is 0 Å². The van der Waals surface area contributed by atoms with Crippen LogP contribution in [0.15, 0.2) is 66.0 Å². The second-order valence-electron chi connectivity index (χ2n) is 8.86. The van der Waals surface area contributed by atoms with Crippen molar-refractivity contribution in [2.45, 2.75) is 18.9 Å². The number of benzene rings is 2. The molecule has 0 radical (unpaired) electrons. The molecule has 178 valence electrons. The van der Waals surface area contributed by atoms with Crippen LogP contribution in [0.2, 0.25) is 0 Å². The molecule has 2 aromatic carbocycles. The molecule has 9 nitrogen and oxygen atoms in total. The van der Waals surface area contributed by atoms with Crippen LogP contribution in [0.4, 0.5) is 4.39 Å². The van der Waals surface area contributed by atoms with Gasteiger partial charge in [-0.2, -0.15) is 4.98 Å². The lowest BCUT2D eigenvalue weighted by molar-refractivity contribution is 0.0697. The van der Waals surface area contributed by atoms with Crippen LogP contribution >= 0.6 is 0 Å². The Morgan fingerprint density at radius 3 is 2.86 bits per heavy atom. The van der Waals surface area contributed by atoms with E-state index in [1.54, 1.807) is 33.9 Å². The van der Waals surface area contributed by atoms with Gasteiger partial charge in [-0.15, -0.1) is 0 Å². The predicted molar refractivity (Wildman–Crippen MR) is 133 cm³/mol. The molecular weight excluding hydrogens is 461 g/mol. The highest BCUT2D eigenvalue weighted by molar-refractivity contribution is 6.01. The van der Waals surface area contributed by atoms with Crippen LogP contribution in [-0.2, 0) is 4.74 Å². The number of nitrogens with zero attached hydrogens (tertiary/aromatic N) is 6. The average Bonchev–Trinajstić information content (AvgIpc) is 3.48. The Labute approximate surface area is 203 Å². The van der Waals surface area contributed by atoms with Crippen LogP contribution in [0.25, 0.3) is 50.2 Å². The third kappa shape index (κ3) is 3.22. The number of nitrogens with one attached hydrogen (secondary N) is 1. The van der Waals surface area contributed by atoms with E-state index in [1.807, 2.05) is 24.3 Å². The first-order valence-electron chi connectivity index (χ1n) is 11.7. The summed E-state index contributed by atoms with van der Waals surface area (Å²) in [6, 6.07) is 12.1. The summed E-state index contributed by atoms with van der Waals surface area (Å²) in [4.78, 5) is 34.6. The summed E-state index contributed by atoms with van der Waals surface area (Å²) in [5.41, 5.74) is 3.37. The molecule has 7 rings (SSSR count). The van der Waals surface area contributed by atoms with Gasteiger partial charge in [0.25, 0.3) is 0 Å². The van der Waals surface area contributed by atoms with Crippen molar-refractivity contribution in [3.05, 3.63) is 77.5 Å². The van der Waals surface area contributed by atoms with Crippen LogP contribution in [0, 0.1) is 5.82 Å². The summed E-state index contributed by atoms with van der Waals surface area (Å²) < 4.78 is 23.0. The van der Waals surface area contributed by atoms with Crippen molar-refractivity contribution in [3.8, 4) is 17.2 Å². The second-order valence-corrected chi connectivity index (χ2v) is 8.86. The molecule has 1 saturated heterocycles. The first kappa shape index (κ1) is 20.9. The van der Waals surface area contributed by atoms with Gasteiger partial charge in [0.05, 0.1) is 11.0 Å². The monoisotopic (exact) mass is 481 g/mol. The predicted octanol–water partition coefficient (Wildman–Crippen LogP) is 4.16. The number of ether oxygens (including phenoxy) is 1. The Bertz CT molecular complexity index is 1830. The number of aromatic nitrogens is 7. The van der Waals surface area contributed by atoms with E-state index in [-0.39, 0.29) is 17.5 Å². The lowest BCUT2D eigenvalue weighted by atomic mass is 10.0. The van der Waals surface area contributed by atoms with E-state index in [1.165, 1.54) is 12.1 Å². The molecule has 1 fully saturated rings. The van der Waals surface area contributed by atoms with Gasteiger partial charge in [0.2, 0.25) is 5.95 Å². The van der Waals surface area contributed by atoms with Gasteiger partial charge in [0.15, 0.2) is 5.65 Å². The fraction of sp³-hybridized carbons (Fsp3) is 0.192. The third-order valence-electron chi connectivity index (χ3n) is 6.77. The molecule has 4 aromatic heterocycles. The van der Waals surface area contributed by atoms with E-state index in [0.29, 0.717) is 59.9 Å². The Kier molecular flexibility index (Phi) is 4.68. The fourth-order valence-corrected chi connectivity index (χ4v) is 5.04. The van der Waals surface area contributed by atoms with Crippen LogP contribution in [0.1, 0.15) is 18.9 Å². The van der Waals surface area contributed by atoms with Gasteiger partial charge in [0.1, 0.15) is 23.4 Å². The van der Waals surface area contributed by atoms with Crippen molar-refractivity contribution in [1.29, 1.82) is 0 Å². The van der Waals surface area contributed by atoms with E-state index in [4.69, 9.17) is 14.7 Å². The molecule has 0 spiro atoms. The quantitative estimate of drug-likeness (QED) is 0.407. The van der Waals surface area contributed by atoms with Crippen molar-refractivity contribution < 1.29 is 9.13 Å². The number of hydrogen-bond acceptors (Lipinski definition) is 6. The highest BCUT2D eigenvalue weighted by Gasteiger charge is 2.25. The van der Waals surface area contributed by atoms with Gasteiger partial charge in [-0.3, -0.25) is 14.1 Å². The minimum atomic E-state index is -0.382. The van der Waals surface area contributed by atoms with Gasteiger partial charge in [0, 0.05) is 48.7 Å². The van der Waals surface area contributed by atoms with E-state index >= 15 is 0 Å². The number of hydrogen-bond donors (Lipinski definition) is 1. The molecule has 0 bridgehead atoms. The van der Waals surface area contributed by atoms with Gasteiger partial charge < -0.3 is 9.72 Å². The summed E-state index contributed by atoms with van der Waals surface area (Å²) >= 11 is 0. The topological polar surface area (TPSA) is 104 Å². The lowest BCUT2D eigenvalue weighted by Crippen LogP contribution is -2.27. The van der Waals surface area contributed by atoms with E-state index in [0.717, 1.165) is 16.3 Å². The number of pyridine rings is 1. The zero-order valence-electron chi connectivity index (χ0n) is 19.1. The Balaban J connectivity index is 1.56. The molecule has 10 heteroatoms. The highest BCUT2D eigenvalue weighted by atomic mass is 19.1. The van der Waals surface area contributed by atoms with Crippen molar-refractivity contribution in [2.75, 3.05) is 13.2 Å². The third-order valence-corrected chi connectivity index (χ3v) is 6.77. The largest absolute Gasteiger partial charge is 0.381 e. The minimum absolute atomic E-state index is 0.0516. The number of aromatic amines is 1. The highest BCUT2D eigenvalue weighted by Crippen LogP contribution is 2.33. The molecule has 5 heterocycles. The van der Waals surface area contributed by atoms with Crippen LogP contribution in [-0.4, -0.2) is 47.3 Å². The molecule has 36 heavy (non-hydrogen) atoms. The van der Waals surface area contributed by atoms with E-state index in [9.17, 15) is 9.18 Å². The zero-order chi connectivity index (χ0) is 24.2. The molecule has 1 aliphatic rings. The second kappa shape index (κ2) is 8.06. The summed E-state index contributed by atoms with van der Waals surface area (Å²) in [5.74, 6) is -0.0793. The molecule has 1 aliphatic heterocycles. The van der Waals surface area contributed by atoms with Crippen molar-refractivity contribution in [2.24, 2.45) is 0 Å². The number of halogens is 1. The molecule has 0 saturated carbocycles. The summed E-state index contributed by atoms with van der Waals surface area (Å²) in [6.07, 6.45) is 6.51. The number of fused-ring (bicyclic) bond motifs is 3. The first-order chi connectivity index (χ1) is 17.7. The fourth-order valence-electron chi connectivity index (χ4n) is 5.04. The summed E-state index contributed by atoms with van der Waals surface area (Å²) in [5, 5.41) is 1.89. The SMILES string of the molecule is O=c1[nH]c2c(-c3cccc4cnccc34)nc(-n3cnc4ccc(F)cc43)nc2n1C1CCOCC1. The van der Waals surface area contributed by atoms with Crippen LogP contribution in [0.5, 0.6) is 0 Å². The smallest absolute Gasteiger partial charge is 0.327 e. The lowest BCUT2D eigenvalue weighted by Gasteiger charge is -2.23. The molecule has 0 atom stereocenters. The Morgan fingerprint density at radius 2 is 1.97 bits per heavy atom. The number of imidazole rings is 2. The van der Waals surface area contributed by atoms with Crippen LogP contribution in [0.3, 0.4) is 0 Å². The number of H-pyrrole nitrogens is 1. The van der Waals surface area contributed by atoms with Gasteiger partial charge >= 0.3 is 5.69 Å². The maximum Gasteiger partial charge on any atom is 0.327 e. The Morgan fingerprint density at radius 1 is 1.08 bits per heavy atom. The summed E-state index contributed by atoms with van der Waals surface area (Å²) in [7, 11) is 0. The van der Waals surface area contributed by atoms with E-state index < -0.39 is 0 Å². The molecule has 6 aromatic rings. The number of rotatable bonds is 3. The van der Waals surface area contributed by atoms with Crippen molar-refractivity contribution in [1.82, 2.24) is 34.1 Å². The van der Waals surface area contributed by atoms with Gasteiger partial charge in [-0.05, 0) is 36.4 Å². The van der Waals surface area contributed by atoms with Crippen LogP contribution < -0.4 is 5.69 Å². The summed E-state index contributed by atoms with van der Waals surface area (Å²) in [6.45, 7) is 1.16. The maximum absolute atomic E-state index is 14.1. The van der Waals surface area contributed by atoms with E-state index in [2.05, 4.69) is 15.0 Å². The Hall–Kier alpha value is -4.44. The standard InChI is InChI=1S/C26H20FN7O2/c27-16-4-5-20-21(12-16)33(14-29-20)25-30-22(19-3-1-2-15-13-28-9-6-18(15)19)23-24(32-25)34(26(35)31-23)17-7-10-36-11-8-17/h1-6,9,12-14,17H,7-8,10-11H2,(H,31,35). The van der Waals surface area contributed by atoms with Gasteiger partial charge in [-0.1, -0.05) is 18.2 Å². The van der Waals surface area contributed by atoms with Gasteiger partial charge in [-0.25, -0.2) is 19.2 Å². The minimum Gasteiger partial charge on any atom is -0.381 e. The molecule has 0 aliphatic carbocycles. The molecule has 0 unspecified atom stereocenters. The molecular formula is C26H20FN7O2. The molecule has 0 amide bonds. The maximum atomic E-state index is 14.1. The average molecular weight is 481 g/mol. The first-order valence-corrected chi connectivity index (χ1v) is 11.7. The molecule has 1 N–H and O–H groups in total. The normalized spacial score (nSPS) is 14.8.